The molecule has 0 saturated carbocycles. The van der Waals surface area contributed by atoms with Crippen molar-refractivity contribution in [1.29, 1.82) is 0 Å². The van der Waals surface area contributed by atoms with Gasteiger partial charge in [-0.05, 0) is 25.0 Å². The second kappa shape index (κ2) is 7.51. The monoisotopic (exact) mass is 292 g/mol. The topological polar surface area (TPSA) is 34.1 Å². The summed E-state index contributed by atoms with van der Waals surface area (Å²) in [6.45, 7) is 2.97. The van der Waals surface area contributed by atoms with Crippen LogP contribution < -0.4 is 0 Å². The highest BCUT2D eigenvalue weighted by molar-refractivity contribution is 6.01. The maximum absolute atomic E-state index is 12.0. The third kappa shape index (κ3) is 4.01. The zero-order chi connectivity index (χ0) is 15.9. The van der Waals surface area contributed by atoms with E-state index in [1.807, 2.05) is 72.8 Å². The first-order chi connectivity index (χ1) is 10.6. The third-order valence-corrected chi connectivity index (χ3v) is 3.72. The van der Waals surface area contributed by atoms with Crippen LogP contribution in [0.1, 0.15) is 30.9 Å². The first-order valence-electron chi connectivity index (χ1n) is 7.38. The largest absolute Gasteiger partial charge is 0.299 e. The van der Waals surface area contributed by atoms with Crippen LogP contribution in [0.25, 0.3) is 6.08 Å². The van der Waals surface area contributed by atoms with Crippen LogP contribution in [0.4, 0.5) is 0 Å². The Morgan fingerprint density at radius 3 is 1.82 bits per heavy atom. The quantitative estimate of drug-likeness (QED) is 0.745. The van der Waals surface area contributed by atoms with Crippen molar-refractivity contribution in [2.45, 2.75) is 19.8 Å². The summed E-state index contributed by atoms with van der Waals surface area (Å²) >= 11 is 0. The molecule has 0 saturated heterocycles. The smallest absolute Gasteiger partial charge is 0.141 e. The number of allylic oxidation sites excluding steroid dienone is 1. The highest BCUT2D eigenvalue weighted by Crippen LogP contribution is 2.28. The van der Waals surface area contributed by atoms with Gasteiger partial charge in [-0.15, -0.1) is 0 Å². The standard InChI is InChI=1S/C20H20O2/c1-15(21)20(16(2)22)19(18-11-7-4-8-12-18)14-13-17-9-5-3-6-10-17/h3-14,19-20H,1-2H3/b14-13+/t19-/m0/s1. The molecule has 0 aromatic heterocycles. The van der Waals surface area contributed by atoms with E-state index in [2.05, 4.69) is 0 Å². The van der Waals surface area contributed by atoms with Crippen molar-refractivity contribution in [3.63, 3.8) is 0 Å². The summed E-state index contributed by atoms with van der Waals surface area (Å²) in [4.78, 5) is 23.9. The molecule has 0 aliphatic carbocycles. The summed E-state index contributed by atoms with van der Waals surface area (Å²) in [6.07, 6.45) is 3.93. The molecule has 0 fully saturated rings. The molecule has 2 nitrogen and oxygen atoms in total. The normalized spacial score (nSPS) is 12.5. The Morgan fingerprint density at radius 1 is 0.818 bits per heavy atom. The highest BCUT2D eigenvalue weighted by atomic mass is 16.1. The number of benzene rings is 2. The number of ketones is 2. The van der Waals surface area contributed by atoms with E-state index in [-0.39, 0.29) is 17.5 Å². The molecule has 0 aliphatic heterocycles. The summed E-state index contributed by atoms with van der Waals surface area (Å²) in [5.41, 5.74) is 2.03. The molecule has 1 atom stereocenters. The van der Waals surface area contributed by atoms with Gasteiger partial charge in [0.15, 0.2) is 0 Å². The van der Waals surface area contributed by atoms with E-state index in [1.54, 1.807) is 0 Å². The van der Waals surface area contributed by atoms with Gasteiger partial charge in [0.1, 0.15) is 11.6 Å². The van der Waals surface area contributed by atoms with Gasteiger partial charge in [0, 0.05) is 5.92 Å². The van der Waals surface area contributed by atoms with Gasteiger partial charge in [-0.1, -0.05) is 72.8 Å². The van der Waals surface area contributed by atoms with E-state index in [4.69, 9.17) is 0 Å². The van der Waals surface area contributed by atoms with Gasteiger partial charge in [0.25, 0.3) is 0 Å². The molecule has 0 spiro atoms. The molecule has 2 aromatic rings. The lowest BCUT2D eigenvalue weighted by molar-refractivity contribution is -0.130. The lowest BCUT2D eigenvalue weighted by Gasteiger charge is -2.20. The molecule has 2 rings (SSSR count). The molecule has 0 unspecified atom stereocenters. The number of Topliss-reactive ketones (excluding diaryl/α,β-unsaturated/α-hetero) is 2. The molecule has 0 bridgehead atoms. The van der Waals surface area contributed by atoms with E-state index in [1.165, 1.54) is 13.8 Å². The van der Waals surface area contributed by atoms with Crippen LogP contribution >= 0.6 is 0 Å². The van der Waals surface area contributed by atoms with E-state index in [0.29, 0.717) is 0 Å². The van der Waals surface area contributed by atoms with Crippen molar-refractivity contribution in [3.8, 4) is 0 Å². The predicted molar refractivity (Wildman–Crippen MR) is 89.5 cm³/mol. The van der Waals surface area contributed by atoms with E-state index < -0.39 is 5.92 Å². The van der Waals surface area contributed by atoms with Crippen LogP contribution in [0.15, 0.2) is 66.7 Å². The molecule has 22 heavy (non-hydrogen) atoms. The van der Waals surface area contributed by atoms with Gasteiger partial charge < -0.3 is 0 Å². The van der Waals surface area contributed by atoms with Gasteiger partial charge in [0.2, 0.25) is 0 Å². The first kappa shape index (κ1) is 15.9. The number of hydrogen-bond donors (Lipinski definition) is 0. The van der Waals surface area contributed by atoms with E-state index >= 15 is 0 Å². The minimum atomic E-state index is -0.637. The summed E-state index contributed by atoms with van der Waals surface area (Å²) < 4.78 is 0. The zero-order valence-electron chi connectivity index (χ0n) is 12.9. The Labute approximate surface area is 131 Å². The average molecular weight is 292 g/mol. The molecule has 112 valence electrons. The molecule has 0 aliphatic rings. The van der Waals surface area contributed by atoms with E-state index in [0.717, 1.165) is 11.1 Å². The Morgan fingerprint density at radius 2 is 1.32 bits per heavy atom. The predicted octanol–water partition coefficient (Wildman–Crippen LogP) is 4.28. The van der Waals surface area contributed by atoms with Crippen molar-refractivity contribution in [2.24, 2.45) is 5.92 Å². The number of hydrogen-bond acceptors (Lipinski definition) is 2. The summed E-state index contributed by atoms with van der Waals surface area (Å²) in [6, 6.07) is 19.6. The second-order valence-corrected chi connectivity index (χ2v) is 5.41. The maximum Gasteiger partial charge on any atom is 0.141 e. The first-order valence-corrected chi connectivity index (χ1v) is 7.38. The van der Waals surface area contributed by atoms with Crippen LogP contribution in [0.3, 0.4) is 0 Å². The minimum Gasteiger partial charge on any atom is -0.299 e. The van der Waals surface area contributed by atoms with Gasteiger partial charge >= 0.3 is 0 Å². The lowest BCUT2D eigenvalue weighted by Crippen LogP contribution is -2.26. The van der Waals surface area contributed by atoms with Crippen LogP contribution in [-0.2, 0) is 9.59 Å². The number of carbonyl (C=O) groups excluding carboxylic acids is 2. The van der Waals surface area contributed by atoms with Gasteiger partial charge in [-0.2, -0.15) is 0 Å². The molecule has 2 heteroatoms. The van der Waals surface area contributed by atoms with Gasteiger partial charge in [-0.25, -0.2) is 0 Å². The zero-order valence-corrected chi connectivity index (χ0v) is 12.9. The van der Waals surface area contributed by atoms with Crippen molar-refractivity contribution < 1.29 is 9.59 Å². The van der Waals surface area contributed by atoms with E-state index in [9.17, 15) is 9.59 Å². The van der Waals surface area contributed by atoms with Crippen molar-refractivity contribution in [2.75, 3.05) is 0 Å². The van der Waals surface area contributed by atoms with Crippen molar-refractivity contribution >= 4 is 17.6 Å². The Kier molecular flexibility index (Phi) is 5.42. The Balaban J connectivity index is 2.40. The lowest BCUT2D eigenvalue weighted by atomic mass is 9.81. The summed E-state index contributed by atoms with van der Waals surface area (Å²) in [7, 11) is 0. The highest BCUT2D eigenvalue weighted by Gasteiger charge is 2.28. The fourth-order valence-corrected chi connectivity index (χ4v) is 2.66. The molecular formula is C20H20O2. The number of rotatable bonds is 6. The fourth-order valence-electron chi connectivity index (χ4n) is 2.66. The Bertz CT molecular complexity index is 643. The molecular weight excluding hydrogens is 272 g/mol. The molecule has 0 heterocycles. The summed E-state index contributed by atoms with van der Waals surface area (Å²) in [5, 5.41) is 0. The molecule has 0 radical (unpaired) electrons. The third-order valence-electron chi connectivity index (χ3n) is 3.72. The second-order valence-electron chi connectivity index (χ2n) is 5.41. The molecule has 0 amide bonds. The minimum absolute atomic E-state index is 0.0981. The fraction of sp³-hybridized carbons (Fsp3) is 0.200. The SMILES string of the molecule is CC(=O)C(C(C)=O)[C@@H](/C=C/c1ccccc1)c1ccccc1. The maximum atomic E-state index is 12.0. The van der Waals surface area contributed by atoms with Crippen LogP contribution in [0.5, 0.6) is 0 Å². The van der Waals surface area contributed by atoms with Gasteiger partial charge in [-0.3, -0.25) is 9.59 Å². The van der Waals surface area contributed by atoms with Crippen LogP contribution in [0, 0.1) is 5.92 Å². The van der Waals surface area contributed by atoms with Crippen LogP contribution in [-0.4, -0.2) is 11.6 Å². The molecule has 0 N–H and O–H groups in total. The van der Waals surface area contributed by atoms with Crippen molar-refractivity contribution in [3.05, 3.63) is 77.9 Å². The molecule has 2 aromatic carbocycles. The van der Waals surface area contributed by atoms with Gasteiger partial charge in [0.05, 0.1) is 5.92 Å². The average Bonchev–Trinajstić information content (AvgIpc) is 2.52. The summed E-state index contributed by atoms with van der Waals surface area (Å²) in [5.74, 6) is -1.07. The van der Waals surface area contributed by atoms with Crippen LogP contribution in [0.2, 0.25) is 0 Å². The van der Waals surface area contributed by atoms with Crippen molar-refractivity contribution in [1.82, 2.24) is 0 Å². The number of carbonyl (C=O) groups is 2. The Hall–Kier alpha value is -2.48.